The zero-order chi connectivity index (χ0) is 14.8. The molecule has 3 N–H and O–H groups in total. The molecule has 2 aliphatic rings. The third-order valence-electron chi connectivity index (χ3n) is 4.63. The minimum atomic E-state index is -3.38. The van der Waals surface area contributed by atoms with E-state index in [4.69, 9.17) is 5.73 Å². The van der Waals surface area contributed by atoms with E-state index in [1.807, 2.05) is 0 Å². The molecule has 1 saturated carbocycles. The third-order valence-corrected chi connectivity index (χ3v) is 6.12. The fourth-order valence-electron chi connectivity index (χ4n) is 3.56. The maximum Gasteiger partial charge on any atom is 0.279 e. The molecule has 0 aromatic heterocycles. The summed E-state index contributed by atoms with van der Waals surface area (Å²) in [5.74, 6) is 0.855. The highest BCUT2D eigenvalue weighted by atomic mass is 32.2. The molecule has 6 heteroatoms. The molecule has 2 unspecified atom stereocenters. The van der Waals surface area contributed by atoms with Gasteiger partial charge in [-0.1, -0.05) is 33.1 Å². The van der Waals surface area contributed by atoms with Crippen molar-refractivity contribution >= 4 is 10.2 Å². The summed E-state index contributed by atoms with van der Waals surface area (Å²) in [7, 11) is -3.38. The van der Waals surface area contributed by atoms with E-state index in [0.29, 0.717) is 31.5 Å². The van der Waals surface area contributed by atoms with Crippen molar-refractivity contribution in [2.45, 2.75) is 57.9 Å². The molecule has 0 aromatic rings. The third kappa shape index (κ3) is 4.16. The zero-order valence-electron chi connectivity index (χ0n) is 12.8. The van der Waals surface area contributed by atoms with Crippen molar-refractivity contribution in [1.29, 1.82) is 0 Å². The molecule has 1 aliphatic heterocycles. The van der Waals surface area contributed by atoms with E-state index in [0.717, 1.165) is 32.1 Å². The first-order chi connectivity index (χ1) is 9.31. The average Bonchev–Trinajstić information content (AvgIpc) is 2.37. The van der Waals surface area contributed by atoms with E-state index in [-0.39, 0.29) is 5.54 Å². The lowest BCUT2D eigenvalue weighted by atomic mass is 9.83. The van der Waals surface area contributed by atoms with Gasteiger partial charge < -0.3 is 5.73 Å². The second-order valence-corrected chi connectivity index (χ2v) is 8.77. The van der Waals surface area contributed by atoms with Crippen molar-refractivity contribution in [3.63, 3.8) is 0 Å². The Labute approximate surface area is 123 Å². The fourth-order valence-corrected chi connectivity index (χ4v) is 5.11. The number of piperidine rings is 1. The van der Waals surface area contributed by atoms with Gasteiger partial charge in [-0.3, -0.25) is 0 Å². The van der Waals surface area contributed by atoms with Crippen molar-refractivity contribution in [2.24, 2.45) is 17.6 Å². The lowest BCUT2D eigenvalue weighted by Crippen LogP contribution is -2.55. The van der Waals surface area contributed by atoms with Gasteiger partial charge in [-0.2, -0.15) is 12.7 Å². The van der Waals surface area contributed by atoms with Gasteiger partial charge in [0.25, 0.3) is 10.2 Å². The predicted molar refractivity (Wildman–Crippen MR) is 81.4 cm³/mol. The van der Waals surface area contributed by atoms with Crippen LogP contribution in [0, 0.1) is 11.8 Å². The smallest absolute Gasteiger partial charge is 0.279 e. The van der Waals surface area contributed by atoms with Crippen molar-refractivity contribution in [3.05, 3.63) is 0 Å². The van der Waals surface area contributed by atoms with E-state index in [2.05, 4.69) is 18.6 Å². The predicted octanol–water partition coefficient (Wildman–Crippen LogP) is 1.46. The van der Waals surface area contributed by atoms with Gasteiger partial charge in [0.1, 0.15) is 0 Å². The highest BCUT2D eigenvalue weighted by Crippen LogP contribution is 2.26. The molecule has 2 fully saturated rings. The van der Waals surface area contributed by atoms with Gasteiger partial charge in [-0.05, 0) is 31.1 Å². The summed E-state index contributed by atoms with van der Waals surface area (Å²) in [6, 6.07) is 0. The van der Waals surface area contributed by atoms with Crippen molar-refractivity contribution in [3.8, 4) is 0 Å². The number of rotatable bonds is 4. The molecule has 2 rings (SSSR count). The maximum absolute atomic E-state index is 12.4. The standard InChI is InChI=1S/C14H29N3O2S/c1-12-8-13(2)10-17(9-12)20(18,19)16-11-14(15)6-4-3-5-7-14/h12-13,16H,3-11,15H2,1-2H3. The van der Waals surface area contributed by atoms with Crippen LogP contribution in [0.3, 0.4) is 0 Å². The first-order valence-corrected chi connectivity index (χ1v) is 9.28. The summed E-state index contributed by atoms with van der Waals surface area (Å²) in [5, 5.41) is 0. The summed E-state index contributed by atoms with van der Waals surface area (Å²) in [5.41, 5.74) is 5.96. The van der Waals surface area contributed by atoms with Gasteiger partial charge in [0.05, 0.1) is 0 Å². The largest absolute Gasteiger partial charge is 0.324 e. The number of nitrogens with one attached hydrogen (secondary N) is 1. The van der Waals surface area contributed by atoms with Gasteiger partial charge in [0, 0.05) is 25.2 Å². The van der Waals surface area contributed by atoms with Crippen molar-refractivity contribution in [1.82, 2.24) is 9.03 Å². The Morgan fingerprint density at radius 1 is 1.15 bits per heavy atom. The van der Waals surface area contributed by atoms with Crippen LogP contribution in [0.2, 0.25) is 0 Å². The Kier molecular flexibility index (Phi) is 5.10. The van der Waals surface area contributed by atoms with Crippen LogP contribution in [-0.4, -0.2) is 37.9 Å². The highest BCUT2D eigenvalue weighted by Gasteiger charge is 2.33. The number of nitrogens with two attached hydrogens (primary N) is 1. The maximum atomic E-state index is 12.4. The zero-order valence-corrected chi connectivity index (χ0v) is 13.6. The molecule has 20 heavy (non-hydrogen) atoms. The van der Waals surface area contributed by atoms with Gasteiger partial charge in [-0.25, -0.2) is 4.72 Å². The second kappa shape index (κ2) is 6.30. The lowest BCUT2D eigenvalue weighted by molar-refractivity contribution is 0.218. The molecule has 1 saturated heterocycles. The van der Waals surface area contributed by atoms with E-state index in [1.54, 1.807) is 4.31 Å². The Morgan fingerprint density at radius 3 is 2.25 bits per heavy atom. The first-order valence-electron chi connectivity index (χ1n) is 7.84. The van der Waals surface area contributed by atoms with Crippen LogP contribution in [-0.2, 0) is 10.2 Å². The van der Waals surface area contributed by atoms with Crippen LogP contribution in [0.4, 0.5) is 0 Å². The summed E-state index contributed by atoms with van der Waals surface area (Å²) < 4.78 is 29.2. The van der Waals surface area contributed by atoms with Crippen LogP contribution < -0.4 is 10.5 Å². The Balaban J connectivity index is 1.93. The molecule has 5 nitrogen and oxygen atoms in total. The summed E-state index contributed by atoms with van der Waals surface area (Å²) >= 11 is 0. The van der Waals surface area contributed by atoms with E-state index in [1.165, 1.54) is 6.42 Å². The molecule has 0 aromatic carbocycles. The minimum absolute atomic E-state index is 0.349. The Hall–Kier alpha value is -0.170. The molecule has 1 aliphatic carbocycles. The Morgan fingerprint density at radius 2 is 1.70 bits per heavy atom. The van der Waals surface area contributed by atoms with Gasteiger partial charge >= 0.3 is 0 Å². The van der Waals surface area contributed by atoms with Crippen LogP contribution in [0.15, 0.2) is 0 Å². The Bertz CT molecular complexity index is 408. The monoisotopic (exact) mass is 303 g/mol. The van der Waals surface area contributed by atoms with Crippen LogP contribution >= 0.6 is 0 Å². The molecular weight excluding hydrogens is 274 g/mol. The quantitative estimate of drug-likeness (QED) is 0.825. The first kappa shape index (κ1) is 16.2. The molecule has 2 atom stereocenters. The highest BCUT2D eigenvalue weighted by molar-refractivity contribution is 7.87. The van der Waals surface area contributed by atoms with Gasteiger partial charge in [-0.15, -0.1) is 0 Å². The molecule has 0 amide bonds. The summed E-state index contributed by atoms with van der Waals surface area (Å²) in [6.45, 7) is 5.84. The topological polar surface area (TPSA) is 75.4 Å². The van der Waals surface area contributed by atoms with E-state index < -0.39 is 10.2 Å². The molecular formula is C14H29N3O2S. The SMILES string of the molecule is CC1CC(C)CN(S(=O)(=O)NCC2(N)CCCCC2)C1. The van der Waals surface area contributed by atoms with Crippen LogP contribution in [0.1, 0.15) is 52.4 Å². The molecule has 0 spiro atoms. The molecule has 118 valence electrons. The summed E-state index contributed by atoms with van der Waals surface area (Å²) in [4.78, 5) is 0. The van der Waals surface area contributed by atoms with Crippen LogP contribution in [0.5, 0.6) is 0 Å². The minimum Gasteiger partial charge on any atom is -0.324 e. The number of nitrogens with zero attached hydrogens (tertiary/aromatic N) is 1. The molecule has 0 bridgehead atoms. The van der Waals surface area contributed by atoms with Crippen molar-refractivity contribution in [2.75, 3.05) is 19.6 Å². The molecule has 0 radical (unpaired) electrons. The number of hydrogen-bond acceptors (Lipinski definition) is 3. The van der Waals surface area contributed by atoms with Crippen molar-refractivity contribution < 1.29 is 8.42 Å². The van der Waals surface area contributed by atoms with E-state index in [9.17, 15) is 8.42 Å². The van der Waals surface area contributed by atoms with Gasteiger partial charge in [0.15, 0.2) is 0 Å². The average molecular weight is 303 g/mol. The number of hydrogen-bond donors (Lipinski definition) is 2. The second-order valence-electron chi connectivity index (χ2n) is 7.01. The molecule has 1 heterocycles. The lowest BCUT2D eigenvalue weighted by Gasteiger charge is -2.37. The normalized spacial score (nSPS) is 32.1. The van der Waals surface area contributed by atoms with E-state index >= 15 is 0 Å². The summed E-state index contributed by atoms with van der Waals surface area (Å²) in [6.07, 6.45) is 6.37. The van der Waals surface area contributed by atoms with Gasteiger partial charge in [0.2, 0.25) is 0 Å². The van der Waals surface area contributed by atoms with Crippen LogP contribution in [0.25, 0.3) is 0 Å². The fraction of sp³-hybridized carbons (Fsp3) is 1.00.